The molecule has 0 spiro atoms. The number of aliphatic carboxylic acids is 1. The quantitative estimate of drug-likeness (QED) is 0.896. The number of hydrogen-bond acceptors (Lipinski definition) is 3. The zero-order valence-corrected chi connectivity index (χ0v) is 8.85. The summed E-state index contributed by atoms with van der Waals surface area (Å²) in [6.07, 6.45) is 0.135. The summed E-state index contributed by atoms with van der Waals surface area (Å²) in [5.74, 6) is -0.795. The fourth-order valence-corrected chi connectivity index (χ4v) is 2.00. The van der Waals surface area contributed by atoms with Crippen LogP contribution in [-0.4, -0.2) is 16.1 Å². The number of aromatic nitrogens is 1. The minimum Gasteiger partial charge on any atom is -0.481 e. The smallest absolute Gasteiger partial charge is 0.304 e. The molecule has 1 aromatic rings. The van der Waals surface area contributed by atoms with Crippen molar-refractivity contribution in [3.8, 4) is 0 Å². The molecule has 1 heterocycles. The molecular formula is C7H8BrNO2S. The number of rotatable bonds is 3. The lowest BCUT2D eigenvalue weighted by Crippen LogP contribution is -2.02. The zero-order chi connectivity index (χ0) is 9.14. The summed E-state index contributed by atoms with van der Waals surface area (Å²) in [5, 5.41) is 10.4. The maximum Gasteiger partial charge on any atom is 0.304 e. The number of thiazole rings is 1. The third-order valence-corrected chi connectivity index (χ3v) is 2.86. The van der Waals surface area contributed by atoms with Crippen LogP contribution in [0.15, 0.2) is 9.30 Å². The Bertz CT molecular complexity index is 287. The number of hydrogen-bond donors (Lipinski definition) is 1. The van der Waals surface area contributed by atoms with Gasteiger partial charge in [-0.1, -0.05) is 6.92 Å². The summed E-state index contributed by atoms with van der Waals surface area (Å²) in [5.41, 5.74) is 0.842. The molecule has 0 aliphatic rings. The summed E-state index contributed by atoms with van der Waals surface area (Å²) in [6, 6.07) is 0. The summed E-state index contributed by atoms with van der Waals surface area (Å²) >= 11 is 4.70. The van der Waals surface area contributed by atoms with Crippen molar-refractivity contribution in [2.24, 2.45) is 0 Å². The van der Waals surface area contributed by atoms with Crippen LogP contribution in [0.1, 0.15) is 25.0 Å². The van der Waals surface area contributed by atoms with E-state index in [1.54, 1.807) is 0 Å². The zero-order valence-electron chi connectivity index (χ0n) is 6.45. The van der Waals surface area contributed by atoms with Crippen molar-refractivity contribution in [1.29, 1.82) is 0 Å². The van der Waals surface area contributed by atoms with Crippen LogP contribution in [0, 0.1) is 0 Å². The molecule has 0 aliphatic heterocycles. The largest absolute Gasteiger partial charge is 0.481 e. The molecule has 0 amide bonds. The number of carboxylic acids is 1. The van der Waals surface area contributed by atoms with E-state index in [9.17, 15) is 4.79 Å². The van der Waals surface area contributed by atoms with Gasteiger partial charge in [-0.05, 0) is 15.9 Å². The van der Waals surface area contributed by atoms with Crippen molar-refractivity contribution in [3.05, 3.63) is 15.0 Å². The third-order valence-electron chi connectivity index (χ3n) is 1.48. The second-order valence-corrected chi connectivity index (χ2v) is 4.66. The molecular weight excluding hydrogens is 242 g/mol. The minimum absolute atomic E-state index is 0.00921. The van der Waals surface area contributed by atoms with Crippen LogP contribution in [0.25, 0.3) is 0 Å². The molecule has 0 saturated heterocycles. The van der Waals surface area contributed by atoms with Gasteiger partial charge in [0.1, 0.15) is 0 Å². The first-order valence-electron chi connectivity index (χ1n) is 3.42. The van der Waals surface area contributed by atoms with E-state index in [2.05, 4.69) is 20.9 Å². The Morgan fingerprint density at radius 1 is 1.92 bits per heavy atom. The van der Waals surface area contributed by atoms with Crippen molar-refractivity contribution in [3.63, 3.8) is 0 Å². The van der Waals surface area contributed by atoms with Gasteiger partial charge in [0.05, 0.1) is 12.1 Å². The van der Waals surface area contributed by atoms with Gasteiger partial charge in [-0.15, -0.1) is 11.3 Å². The normalized spacial score (nSPS) is 12.8. The van der Waals surface area contributed by atoms with E-state index >= 15 is 0 Å². The monoisotopic (exact) mass is 249 g/mol. The first-order chi connectivity index (χ1) is 5.59. The Labute approximate surface area is 82.6 Å². The fourth-order valence-electron chi connectivity index (χ4n) is 0.856. The summed E-state index contributed by atoms with van der Waals surface area (Å²) in [6.45, 7) is 1.86. The molecule has 0 fully saturated rings. The van der Waals surface area contributed by atoms with E-state index in [0.717, 1.165) is 9.61 Å². The molecule has 1 aromatic heterocycles. The van der Waals surface area contributed by atoms with Gasteiger partial charge in [-0.25, -0.2) is 4.98 Å². The predicted molar refractivity (Wildman–Crippen MR) is 50.5 cm³/mol. The molecule has 3 nitrogen and oxygen atoms in total. The first kappa shape index (κ1) is 9.67. The second-order valence-electron chi connectivity index (χ2n) is 2.52. The van der Waals surface area contributed by atoms with Crippen LogP contribution in [0.4, 0.5) is 0 Å². The average Bonchev–Trinajstić information content (AvgIpc) is 2.34. The van der Waals surface area contributed by atoms with Gasteiger partial charge in [0, 0.05) is 11.3 Å². The Hall–Kier alpha value is -0.420. The Morgan fingerprint density at radius 3 is 3.00 bits per heavy atom. The SMILES string of the molecule is CC(CC(=O)O)c1csc(Br)n1. The molecule has 66 valence electrons. The van der Waals surface area contributed by atoms with E-state index < -0.39 is 5.97 Å². The van der Waals surface area contributed by atoms with Gasteiger partial charge in [0.25, 0.3) is 0 Å². The minimum atomic E-state index is -0.786. The summed E-state index contributed by atoms with van der Waals surface area (Å²) < 4.78 is 0.801. The molecule has 12 heavy (non-hydrogen) atoms. The van der Waals surface area contributed by atoms with Crippen LogP contribution in [0.5, 0.6) is 0 Å². The van der Waals surface area contributed by atoms with Gasteiger partial charge in [0.15, 0.2) is 3.92 Å². The number of halogens is 1. The molecule has 0 aliphatic carbocycles. The van der Waals surface area contributed by atoms with Crippen molar-refractivity contribution in [1.82, 2.24) is 4.98 Å². The molecule has 1 unspecified atom stereocenters. The number of carbonyl (C=O) groups is 1. The van der Waals surface area contributed by atoms with Crippen molar-refractivity contribution < 1.29 is 9.90 Å². The van der Waals surface area contributed by atoms with Crippen molar-refractivity contribution in [2.45, 2.75) is 19.3 Å². The summed E-state index contributed by atoms with van der Waals surface area (Å²) in [7, 11) is 0. The maximum atomic E-state index is 10.4. The Morgan fingerprint density at radius 2 is 2.58 bits per heavy atom. The van der Waals surface area contributed by atoms with Crippen LogP contribution in [-0.2, 0) is 4.79 Å². The van der Waals surface area contributed by atoms with Gasteiger partial charge < -0.3 is 5.11 Å². The second kappa shape index (κ2) is 4.00. The highest BCUT2D eigenvalue weighted by Crippen LogP contribution is 2.23. The third kappa shape index (κ3) is 2.57. The molecule has 0 saturated carbocycles. The topological polar surface area (TPSA) is 50.2 Å². The average molecular weight is 250 g/mol. The van der Waals surface area contributed by atoms with E-state index in [-0.39, 0.29) is 12.3 Å². The standard InChI is InChI=1S/C7H8BrNO2S/c1-4(2-6(10)11)5-3-12-7(8)9-5/h3-4H,2H2,1H3,(H,10,11). The maximum absolute atomic E-state index is 10.4. The summed E-state index contributed by atoms with van der Waals surface area (Å²) in [4.78, 5) is 14.5. The molecule has 1 N–H and O–H groups in total. The molecule has 1 atom stereocenters. The highest BCUT2D eigenvalue weighted by atomic mass is 79.9. The molecule has 0 radical (unpaired) electrons. The lowest BCUT2D eigenvalue weighted by atomic mass is 10.1. The number of carboxylic acid groups (broad SMARTS) is 1. The fraction of sp³-hybridized carbons (Fsp3) is 0.429. The van der Waals surface area contributed by atoms with E-state index in [1.165, 1.54) is 11.3 Å². The van der Waals surface area contributed by atoms with E-state index in [1.807, 2.05) is 12.3 Å². The van der Waals surface area contributed by atoms with E-state index in [4.69, 9.17) is 5.11 Å². The van der Waals surface area contributed by atoms with Crippen molar-refractivity contribution in [2.75, 3.05) is 0 Å². The van der Waals surface area contributed by atoms with Gasteiger partial charge in [-0.2, -0.15) is 0 Å². The van der Waals surface area contributed by atoms with Gasteiger partial charge in [0.2, 0.25) is 0 Å². The molecule has 1 rings (SSSR count). The molecule has 0 aromatic carbocycles. The van der Waals surface area contributed by atoms with Crippen LogP contribution < -0.4 is 0 Å². The lowest BCUT2D eigenvalue weighted by Gasteiger charge is -2.02. The number of nitrogens with zero attached hydrogens (tertiary/aromatic N) is 1. The Balaban J connectivity index is 2.64. The Kier molecular flexibility index (Phi) is 3.22. The van der Waals surface area contributed by atoms with Crippen LogP contribution in [0.2, 0.25) is 0 Å². The van der Waals surface area contributed by atoms with Gasteiger partial charge >= 0.3 is 5.97 Å². The lowest BCUT2D eigenvalue weighted by molar-refractivity contribution is -0.137. The van der Waals surface area contributed by atoms with Crippen LogP contribution in [0.3, 0.4) is 0 Å². The first-order valence-corrected chi connectivity index (χ1v) is 5.09. The van der Waals surface area contributed by atoms with E-state index in [0.29, 0.717) is 0 Å². The van der Waals surface area contributed by atoms with Crippen molar-refractivity contribution >= 4 is 33.2 Å². The molecule has 5 heteroatoms. The molecule has 0 bridgehead atoms. The predicted octanol–water partition coefficient (Wildman–Crippen LogP) is 2.48. The highest BCUT2D eigenvalue weighted by molar-refractivity contribution is 9.11. The van der Waals surface area contributed by atoms with Crippen LogP contribution >= 0.6 is 27.3 Å². The highest BCUT2D eigenvalue weighted by Gasteiger charge is 2.12. The van der Waals surface area contributed by atoms with Gasteiger partial charge in [-0.3, -0.25) is 4.79 Å².